The molecule has 110 valence electrons. The molecule has 4 nitrogen and oxygen atoms in total. The van der Waals surface area contributed by atoms with E-state index in [4.69, 9.17) is 5.73 Å². The van der Waals surface area contributed by atoms with Gasteiger partial charge in [0.15, 0.2) is 0 Å². The summed E-state index contributed by atoms with van der Waals surface area (Å²) in [6, 6.07) is 5.54. The second-order valence-corrected chi connectivity index (χ2v) is 6.25. The van der Waals surface area contributed by atoms with E-state index in [0.29, 0.717) is 12.1 Å². The maximum absolute atomic E-state index is 9.99. The predicted octanol–water partition coefficient (Wildman–Crippen LogP) is 1.85. The largest absolute Gasteiger partial charge is 0.393 e. The van der Waals surface area contributed by atoms with Gasteiger partial charge in [-0.05, 0) is 49.8 Å². The Hall–Kier alpha value is -0.970. The summed E-state index contributed by atoms with van der Waals surface area (Å²) in [5.74, 6) is 0. The Balaban J connectivity index is 1.91. The molecule has 0 aromatic carbocycles. The number of nitrogens with two attached hydrogens (primary N) is 1. The highest BCUT2D eigenvalue weighted by Gasteiger charge is 2.45. The molecule has 20 heavy (non-hydrogen) atoms. The van der Waals surface area contributed by atoms with E-state index in [2.05, 4.69) is 28.9 Å². The van der Waals surface area contributed by atoms with Gasteiger partial charge in [0.25, 0.3) is 0 Å². The van der Waals surface area contributed by atoms with E-state index in [1.165, 1.54) is 18.4 Å². The topological polar surface area (TPSA) is 62.4 Å². The van der Waals surface area contributed by atoms with Crippen molar-refractivity contribution in [2.45, 2.75) is 69.3 Å². The average molecular weight is 275 g/mol. The number of aromatic nitrogens is 1. The molecule has 4 atom stereocenters. The zero-order valence-electron chi connectivity index (χ0n) is 12.2. The van der Waals surface area contributed by atoms with Crippen molar-refractivity contribution in [3.05, 3.63) is 30.1 Å². The van der Waals surface area contributed by atoms with Crippen LogP contribution < -0.4 is 5.73 Å². The zero-order valence-corrected chi connectivity index (χ0v) is 12.2. The van der Waals surface area contributed by atoms with Crippen LogP contribution in [0.25, 0.3) is 0 Å². The first-order valence-corrected chi connectivity index (χ1v) is 7.81. The third kappa shape index (κ3) is 2.48. The first-order chi connectivity index (χ1) is 9.70. The summed E-state index contributed by atoms with van der Waals surface area (Å²) in [6.07, 6.45) is 8.73. The van der Waals surface area contributed by atoms with Gasteiger partial charge >= 0.3 is 0 Å². The Morgan fingerprint density at radius 1 is 1.30 bits per heavy atom. The third-order valence-corrected chi connectivity index (χ3v) is 5.01. The van der Waals surface area contributed by atoms with Gasteiger partial charge in [-0.2, -0.15) is 0 Å². The quantitative estimate of drug-likeness (QED) is 0.880. The van der Waals surface area contributed by atoms with Crippen molar-refractivity contribution in [3.8, 4) is 0 Å². The zero-order chi connectivity index (χ0) is 14.1. The number of aliphatic hydroxyl groups excluding tert-OH is 1. The summed E-state index contributed by atoms with van der Waals surface area (Å²) < 4.78 is 0. The molecule has 0 saturated carbocycles. The van der Waals surface area contributed by atoms with E-state index < -0.39 is 0 Å². The molecule has 1 aromatic rings. The Kier molecular flexibility index (Phi) is 4.06. The maximum Gasteiger partial charge on any atom is 0.0570 e. The molecule has 4 heteroatoms. The molecular formula is C16H25N3O. The van der Waals surface area contributed by atoms with Crippen molar-refractivity contribution in [2.24, 2.45) is 5.73 Å². The van der Waals surface area contributed by atoms with Gasteiger partial charge in [-0.1, -0.05) is 6.92 Å². The molecule has 2 bridgehead atoms. The van der Waals surface area contributed by atoms with Crippen LogP contribution in [0, 0.1) is 0 Å². The molecule has 0 radical (unpaired) electrons. The van der Waals surface area contributed by atoms with Gasteiger partial charge < -0.3 is 10.8 Å². The number of hydrogen-bond acceptors (Lipinski definition) is 4. The van der Waals surface area contributed by atoms with Crippen LogP contribution in [0.2, 0.25) is 0 Å². The second kappa shape index (κ2) is 5.80. The van der Waals surface area contributed by atoms with Gasteiger partial charge in [0.1, 0.15) is 0 Å². The molecule has 3 heterocycles. The number of piperidine rings is 1. The van der Waals surface area contributed by atoms with Crippen molar-refractivity contribution in [2.75, 3.05) is 0 Å². The minimum absolute atomic E-state index is 0.125. The van der Waals surface area contributed by atoms with Crippen LogP contribution >= 0.6 is 0 Å². The van der Waals surface area contributed by atoms with Crippen molar-refractivity contribution in [1.29, 1.82) is 0 Å². The monoisotopic (exact) mass is 275 g/mol. The van der Waals surface area contributed by atoms with Crippen molar-refractivity contribution in [1.82, 2.24) is 9.88 Å². The molecule has 0 aliphatic carbocycles. The van der Waals surface area contributed by atoms with Crippen LogP contribution in [0.3, 0.4) is 0 Å². The fourth-order valence-electron chi connectivity index (χ4n) is 4.06. The van der Waals surface area contributed by atoms with E-state index in [1.54, 1.807) is 0 Å². The lowest BCUT2D eigenvalue weighted by Crippen LogP contribution is -2.51. The Morgan fingerprint density at radius 3 is 2.45 bits per heavy atom. The fraction of sp³-hybridized carbons (Fsp3) is 0.688. The first kappa shape index (κ1) is 14.0. The molecule has 2 aliphatic heterocycles. The number of pyridine rings is 1. The SMILES string of the molecule is CCC(N)C(c1ccncc1)N1C2CCC1CC(O)C2. The van der Waals surface area contributed by atoms with E-state index >= 15 is 0 Å². The van der Waals surface area contributed by atoms with Crippen LogP contribution in [0.4, 0.5) is 0 Å². The first-order valence-electron chi connectivity index (χ1n) is 7.81. The summed E-state index contributed by atoms with van der Waals surface area (Å²) in [4.78, 5) is 6.72. The van der Waals surface area contributed by atoms with Gasteiger partial charge in [-0.15, -0.1) is 0 Å². The molecule has 3 N–H and O–H groups in total. The van der Waals surface area contributed by atoms with E-state index in [0.717, 1.165) is 19.3 Å². The molecule has 2 fully saturated rings. The van der Waals surface area contributed by atoms with Gasteiger partial charge in [0, 0.05) is 30.5 Å². The van der Waals surface area contributed by atoms with Crippen LogP contribution in [0.5, 0.6) is 0 Å². The lowest BCUT2D eigenvalue weighted by atomic mass is 9.90. The molecule has 0 spiro atoms. The summed E-state index contributed by atoms with van der Waals surface area (Å²) >= 11 is 0. The highest BCUT2D eigenvalue weighted by atomic mass is 16.3. The Bertz CT molecular complexity index is 425. The van der Waals surface area contributed by atoms with Crippen LogP contribution in [0.1, 0.15) is 50.6 Å². The molecule has 2 saturated heterocycles. The summed E-state index contributed by atoms with van der Waals surface area (Å²) in [7, 11) is 0. The molecule has 2 aliphatic rings. The standard InChI is InChI=1S/C16H25N3O/c1-2-15(17)16(11-5-7-18-8-6-11)19-12-3-4-13(19)10-14(20)9-12/h5-8,12-16,20H,2-4,9-10,17H2,1H3. The second-order valence-electron chi connectivity index (χ2n) is 6.25. The van der Waals surface area contributed by atoms with Crippen LogP contribution in [0.15, 0.2) is 24.5 Å². The van der Waals surface area contributed by atoms with E-state index in [9.17, 15) is 5.11 Å². The summed E-state index contributed by atoms with van der Waals surface area (Å²) in [6.45, 7) is 2.15. The maximum atomic E-state index is 9.99. The smallest absolute Gasteiger partial charge is 0.0570 e. The van der Waals surface area contributed by atoms with E-state index in [1.807, 2.05) is 12.4 Å². The molecular weight excluding hydrogens is 250 g/mol. The van der Waals surface area contributed by atoms with Crippen molar-refractivity contribution >= 4 is 0 Å². The predicted molar refractivity (Wildman–Crippen MR) is 79.1 cm³/mol. The highest BCUT2D eigenvalue weighted by Crippen LogP contribution is 2.42. The van der Waals surface area contributed by atoms with Gasteiger partial charge in [-0.3, -0.25) is 9.88 Å². The minimum Gasteiger partial charge on any atom is -0.393 e. The van der Waals surface area contributed by atoms with Crippen LogP contribution in [-0.4, -0.2) is 39.2 Å². The van der Waals surface area contributed by atoms with Gasteiger partial charge in [0.2, 0.25) is 0 Å². The van der Waals surface area contributed by atoms with Crippen molar-refractivity contribution < 1.29 is 5.11 Å². The fourth-order valence-corrected chi connectivity index (χ4v) is 4.06. The highest BCUT2D eigenvalue weighted by molar-refractivity contribution is 5.19. The number of fused-ring (bicyclic) bond motifs is 2. The number of nitrogens with zero attached hydrogens (tertiary/aromatic N) is 2. The van der Waals surface area contributed by atoms with Crippen molar-refractivity contribution in [3.63, 3.8) is 0 Å². The molecule has 1 aromatic heterocycles. The summed E-state index contributed by atoms with van der Waals surface area (Å²) in [5, 5.41) is 9.99. The molecule has 0 amide bonds. The molecule has 4 unspecified atom stereocenters. The normalized spacial score (nSPS) is 33.0. The van der Waals surface area contributed by atoms with E-state index in [-0.39, 0.29) is 18.2 Å². The van der Waals surface area contributed by atoms with Gasteiger partial charge in [0.05, 0.1) is 12.1 Å². The number of rotatable bonds is 4. The third-order valence-electron chi connectivity index (χ3n) is 5.01. The van der Waals surface area contributed by atoms with Gasteiger partial charge in [-0.25, -0.2) is 0 Å². The minimum atomic E-state index is -0.125. The Labute approximate surface area is 121 Å². The van der Waals surface area contributed by atoms with Crippen LogP contribution in [-0.2, 0) is 0 Å². The average Bonchev–Trinajstić information content (AvgIpc) is 2.72. The summed E-state index contributed by atoms with van der Waals surface area (Å²) in [5.41, 5.74) is 7.71. The number of aliphatic hydroxyl groups is 1. The number of hydrogen-bond donors (Lipinski definition) is 2. The lowest BCUT2D eigenvalue weighted by molar-refractivity contribution is 0.00229. The lowest BCUT2D eigenvalue weighted by Gasteiger charge is -2.44. The Morgan fingerprint density at radius 2 is 1.90 bits per heavy atom. The molecule has 3 rings (SSSR count).